The van der Waals surface area contributed by atoms with Crippen molar-refractivity contribution in [2.24, 2.45) is 5.92 Å². The zero-order chi connectivity index (χ0) is 22.2. The standard InChI is InChI=1S/C22H22ClN7O2/c1-13-11-18(25-20(31)15-9-5-6-10-17(15)23)30(28-13)22-26-19-16(21(32)27-22)12-24-29(19)14-7-3-2-4-8-14/h2-11,16,19,22,24,26H,12H2,1H3,(H,25,31)(H,27,32). The van der Waals surface area contributed by atoms with Crippen LogP contribution >= 0.6 is 11.6 Å². The number of benzene rings is 2. The van der Waals surface area contributed by atoms with Crippen molar-refractivity contribution in [2.75, 3.05) is 16.9 Å². The summed E-state index contributed by atoms with van der Waals surface area (Å²) in [6.07, 6.45) is -0.933. The molecule has 4 N–H and O–H groups in total. The van der Waals surface area contributed by atoms with Gasteiger partial charge in [-0.25, -0.2) is 10.1 Å². The van der Waals surface area contributed by atoms with Crippen LogP contribution in [-0.2, 0) is 4.79 Å². The average molecular weight is 452 g/mol. The number of amides is 2. The predicted octanol–water partition coefficient (Wildman–Crippen LogP) is 2.24. The number of halogens is 1. The third-order valence-electron chi connectivity index (χ3n) is 5.58. The second-order valence-corrected chi connectivity index (χ2v) is 8.15. The fourth-order valence-electron chi connectivity index (χ4n) is 4.07. The van der Waals surface area contributed by atoms with Crippen molar-refractivity contribution in [1.82, 2.24) is 25.8 Å². The van der Waals surface area contributed by atoms with Crippen molar-refractivity contribution in [1.29, 1.82) is 0 Å². The van der Waals surface area contributed by atoms with Gasteiger partial charge in [-0.3, -0.25) is 19.9 Å². The van der Waals surface area contributed by atoms with Crippen LogP contribution in [0, 0.1) is 12.8 Å². The van der Waals surface area contributed by atoms with E-state index in [1.54, 1.807) is 35.0 Å². The molecule has 2 fully saturated rings. The maximum atomic E-state index is 12.9. The number of hydrogen-bond acceptors (Lipinski definition) is 6. The van der Waals surface area contributed by atoms with Crippen molar-refractivity contribution < 1.29 is 9.59 Å². The van der Waals surface area contributed by atoms with Gasteiger partial charge in [0, 0.05) is 12.6 Å². The molecule has 0 spiro atoms. The Balaban J connectivity index is 1.41. The molecule has 3 aromatic rings. The highest BCUT2D eigenvalue weighted by atomic mass is 35.5. The fraction of sp³-hybridized carbons (Fsp3) is 0.227. The zero-order valence-corrected chi connectivity index (χ0v) is 18.0. The average Bonchev–Trinajstić information content (AvgIpc) is 3.38. The van der Waals surface area contributed by atoms with Gasteiger partial charge in [0.15, 0.2) is 6.29 Å². The lowest BCUT2D eigenvalue weighted by Crippen LogP contribution is -2.61. The van der Waals surface area contributed by atoms with Crippen molar-refractivity contribution >= 4 is 34.9 Å². The molecule has 9 nitrogen and oxygen atoms in total. The number of hydrogen-bond donors (Lipinski definition) is 4. The normalized spacial score (nSPS) is 22.4. The van der Waals surface area contributed by atoms with Gasteiger partial charge in [0.05, 0.1) is 27.9 Å². The van der Waals surface area contributed by atoms with Crippen LogP contribution in [0.3, 0.4) is 0 Å². The summed E-state index contributed by atoms with van der Waals surface area (Å²) >= 11 is 6.17. The van der Waals surface area contributed by atoms with Crippen LogP contribution in [0.1, 0.15) is 22.3 Å². The summed E-state index contributed by atoms with van der Waals surface area (Å²) in [5.41, 5.74) is 5.30. The summed E-state index contributed by atoms with van der Waals surface area (Å²) in [6.45, 7) is 2.34. The molecule has 2 saturated heterocycles. The van der Waals surface area contributed by atoms with E-state index in [1.807, 2.05) is 42.3 Å². The second kappa shape index (κ2) is 8.27. The van der Waals surface area contributed by atoms with Crippen molar-refractivity contribution in [2.45, 2.75) is 19.4 Å². The fourth-order valence-corrected chi connectivity index (χ4v) is 4.29. The molecule has 2 aliphatic heterocycles. The Labute approximate surface area is 189 Å². The molecule has 1 aromatic heterocycles. The van der Waals surface area contributed by atoms with E-state index in [-0.39, 0.29) is 23.9 Å². The molecule has 2 aliphatic rings. The number of nitrogens with one attached hydrogen (secondary N) is 4. The highest BCUT2D eigenvalue weighted by Crippen LogP contribution is 2.28. The minimum Gasteiger partial charge on any atom is -0.321 e. The van der Waals surface area contributed by atoms with E-state index in [0.29, 0.717) is 28.6 Å². The number of rotatable bonds is 4. The number of anilines is 2. The van der Waals surface area contributed by atoms with Crippen LogP contribution in [0.4, 0.5) is 11.5 Å². The number of fused-ring (bicyclic) bond motifs is 1. The molecule has 0 aliphatic carbocycles. The highest BCUT2D eigenvalue weighted by molar-refractivity contribution is 6.34. The maximum Gasteiger partial charge on any atom is 0.258 e. The molecule has 2 amide bonds. The Hall–Kier alpha value is -3.40. The van der Waals surface area contributed by atoms with Crippen LogP contribution in [0.2, 0.25) is 5.02 Å². The van der Waals surface area contributed by atoms with E-state index >= 15 is 0 Å². The molecule has 3 atom stereocenters. The van der Waals surface area contributed by atoms with Gasteiger partial charge in [0.25, 0.3) is 5.91 Å². The van der Waals surface area contributed by atoms with Crippen LogP contribution in [0.25, 0.3) is 0 Å². The van der Waals surface area contributed by atoms with E-state index in [0.717, 1.165) is 5.69 Å². The number of hydrazine groups is 1. The Morgan fingerprint density at radius 2 is 1.91 bits per heavy atom. The molecule has 164 valence electrons. The first kappa shape index (κ1) is 20.5. The summed E-state index contributed by atoms with van der Waals surface area (Å²) in [7, 11) is 0. The third-order valence-corrected chi connectivity index (χ3v) is 5.91. The Morgan fingerprint density at radius 1 is 1.16 bits per heavy atom. The zero-order valence-electron chi connectivity index (χ0n) is 17.2. The minimum atomic E-state index is -0.648. The molecular weight excluding hydrogens is 430 g/mol. The third kappa shape index (κ3) is 3.70. The van der Waals surface area contributed by atoms with E-state index in [9.17, 15) is 9.59 Å². The minimum absolute atomic E-state index is 0.0961. The molecule has 0 radical (unpaired) electrons. The summed E-state index contributed by atoms with van der Waals surface area (Å²) < 4.78 is 1.57. The lowest BCUT2D eigenvalue weighted by molar-refractivity contribution is -0.129. The molecule has 10 heteroatoms. The van der Waals surface area contributed by atoms with Gasteiger partial charge >= 0.3 is 0 Å². The van der Waals surface area contributed by atoms with E-state index in [2.05, 4.69) is 26.5 Å². The SMILES string of the molecule is Cc1cc(NC(=O)c2ccccc2Cl)n(C2NC(=O)C3CNN(c4ccccc4)C3N2)n1. The van der Waals surface area contributed by atoms with Crippen molar-refractivity contribution in [3.63, 3.8) is 0 Å². The summed E-state index contributed by atoms with van der Waals surface area (Å²) in [5, 5.41) is 16.1. The lowest BCUT2D eigenvalue weighted by Gasteiger charge is -2.37. The first-order valence-electron chi connectivity index (χ1n) is 10.3. The molecule has 32 heavy (non-hydrogen) atoms. The first-order chi connectivity index (χ1) is 15.5. The van der Waals surface area contributed by atoms with Crippen molar-refractivity contribution in [3.8, 4) is 0 Å². The second-order valence-electron chi connectivity index (χ2n) is 7.75. The molecular formula is C22H22ClN7O2. The van der Waals surface area contributed by atoms with Gasteiger partial charge in [-0.2, -0.15) is 5.10 Å². The van der Waals surface area contributed by atoms with Crippen molar-refractivity contribution in [3.05, 3.63) is 76.9 Å². The summed E-state index contributed by atoms with van der Waals surface area (Å²) in [6, 6.07) is 18.4. The molecule has 3 heterocycles. The number of para-hydroxylation sites is 1. The van der Waals surface area contributed by atoms with Gasteiger partial charge in [0.1, 0.15) is 12.0 Å². The number of nitrogens with zero attached hydrogens (tertiary/aromatic N) is 3. The molecule has 2 aromatic carbocycles. The smallest absolute Gasteiger partial charge is 0.258 e. The summed E-state index contributed by atoms with van der Waals surface area (Å²) in [5.74, 6) is -0.281. The topological polar surface area (TPSA) is 103 Å². The van der Waals surface area contributed by atoms with Crippen LogP contribution in [0.15, 0.2) is 60.7 Å². The highest BCUT2D eigenvalue weighted by Gasteiger charge is 2.45. The van der Waals surface area contributed by atoms with E-state index in [4.69, 9.17) is 11.6 Å². The van der Waals surface area contributed by atoms with Crippen LogP contribution < -0.4 is 26.4 Å². The first-order valence-corrected chi connectivity index (χ1v) is 10.7. The molecule has 0 bridgehead atoms. The Bertz CT molecular complexity index is 1170. The van der Waals surface area contributed by atoms with E-state index in [1.165, 1.54) is 0 Å². The molecule has 5 rings (SSSR count). The largest absolute Gasteiger partial charge is 0.321 e. The predicted molar refractivity (Wildman–Crippen MR) is 121 cm³/mol. The summed E-state index contributed by atoms with van der Waals surface area (Å²) in [4.78, 5) is 25.7. The van der Waals surface area contributed by atoms with Gasteiger partial charge < -0.3 is 10.6 Å². The van der Waals surface area contributed by atoms with Gasteiger partial charge in [-0.05, 0) is 31.2 Å². The Kier molecular flexibility index (Phi) is 5.30. The van der Waals surface area contributed by atoms with Crippen LogP contribution in [0.5, 0.6) is 0 Å². The number of aryl methyl sites for hydroxylation is 1. The lowest BCUT2D eigenvalue weighted by atomic mass is 10.0. The number of carbonyl (C=O) groups excluding carboxylic acids is 2. The number of carbonyl (C=O) groups is 2. The monoisotopic (exact) mass is 451 g/mol. The number of aromatic nitrogens is 2. The molecule has 0 saturated carbocycles. The maximum absolute atomic E-state index is 12.9. The van der Waals surface area contributed by atoms with Gasteiger partial charge in [-0.15, -0.1) is 0 Å². The quantitative estimate of drug-likeness (QED) is 0.485. The van der Waals surface area contributed by atoms with Gasteiger partial charge in [0.2, 0.25) is 5.91 Å². The molecule has 3 unspecified atom stereocenters. The van der Waals surface area contributed by atoms with Gasteiger partial charge in [-0.1, -0.05) is 41.9 Å². The van der Waals surface area contributed by atoms with Crippen LogP contribution in [-0.4, -0.2) is 34.3 Å². The van der Waals surface area contributed by atoms with E-state index < -0.39 is 6.29 Å². The Morgan fingerprint density at radius 3 is 2.69 bits per heavy atom.